The van der Waals surface area contributed by atoms with Crippen LogP contribution in [0.25, 0.3) is 0 Å². The highest BCUT2D eigenvalue weighted by Gasteiger charge is 2.30. The molecule has 1 saturated carbocycles. The first kappa shape index (κ1) is 12.9. The number of aromatic nitrogens is 1. The minimum absolute atomic E-state index is 0.112. The summed E-state index contributed by atoms with van der Waals surface area (Å²) in [6.07, 6.45) is 4.09. The smallest absolute Gasteiger partial charge is 0.170 e. The Morgan fingerprint density at radius 3 is 3.00 bits per heavy atom. The van der Waals surface area contributed by atoms with Crippen LogP contribution < -0.4 is 10.6 Å². The summed E-state index contributed by atoms with van der Waals surface area (Å²) in [6, 6.07) is 8.36. The number of thiophene rings is 1. The van der Waals surface area contributed by atoms with Gasteiger partial charge >= 0.3 is 0 Å². The van der Waals surface area contributed by atoms with Gasteiger partial charge in [-0.05, 0) is 36.4 Å². The average Bonchev–Trinajstić information content (AvgIpc) is 3.20. The summed E-state index contributed by atoms with van der Waals surface area (Å²) in [5.74, 6) is 0.991. The van der Waals surface area contributed by atoms with Crippen LogP contribution in [-0.4, -0.2) is 22.1 Å². The Labute approximate surface area is 121 Å². The highest BCUT2D eigenvalue weighted by Crippen LogP contribution is 2.32. The molecule has 5 nitrogen and oxygen atoms in total. The van der Waals surface area contributed by atoms with E-state index in [1.54, 1.807) is 23.6 Å². The molecule has 0 radical (unpaired) electrons. The topological polar surface area (TPSA) is 74.7 Å². The Balaban J connectivity index is 1.87. The van der Waals surface area contributed by atoms with Gasteiger partial charge in [0.05, 0.1) is 6.54 Å². The molecule has 1 fully saturated rings. The van der Waals surface area contributed by atoms with Crippen LogP contribution in [-0.2, 0) is 6.54 Å². The molecule has 2 heterocycles. The molecular formula is C14H16N4OS. The Kier molecular flexibility index (Phi) is 3.56. The third kappa shape index (κ3) is 2.75. The van der Waals surface area contributed by atoms with Crippen molar-refractivity contribution in [2.24, 2.45) is 10.9 Å². The lowest BCUT2D eigenvalue weighted by molar-refractivity contribution is 0.318. The second-order valence-electron chi connectivity index (χ2n) is 4.83. The molecule has 1 aliphatic carbocycles. The maximum Gasteiger partial charge on any atom is 0.170 e. The van der Waals surface area contributed by atoms with E-state index in [4.69, 9.17) is 10.9 Å². The Morgan fingerprint density at radius 1 is 1.50 bits per heavy atom. The first-order valence-corrected chi connectivity index (χ1v) is 7.39. The molecule has 2 aromatic rings. The van der Waals surface area contributed by atoms with Gasteiger partial charge in [-0.15, -0.1) is 11.3 Å². The first-order valence-electron chi connectivity index (χ1n) is 6.51. The van der Waals surface area contributed by atoms with E-state index >= 15 is 0 Å². The van der Waals surface area contributed by atoms with Gasteiger partial charge in [0.1, 0.15) is 5.82 Å². The maximum atomic E-state index is 8.78. The maximum absolute atomic E-state index is 8.78. The fourth-order valence-corrected chi connectivity index (χ4v) is 2.85. The van der Waals surface area contributed by atoms with E-state index in [1.165, 1.54) is 17.7 Å². The quantitative estimate of drug-likeness (QED) is 0.383. The summed E-state index contributed by atoms with van der Waals surface area (Å²) in [5.41, 5.74) is 6.34. The van der Waals surface area contributed by atoms with E-state index in [0.717, 1.165) is 12.4 Å². The molecule has 0 aromatic carbocycles. The number of amidine groups is 1. The monoisotopic (exact) mass is 288 g/mol. The van der Waals surface area contributed by atoms with E-state index in [1.807, 2.05) is 6.07 Å². The van der Waals surface area contributed by atoms with Crippen molar-refractivity contribution in [3.63, 3.8) is 0 Å². The van der Waals surface area contributed by atoms with Crippen LogP contribution in [0.2, 0.25) is 0 Å². The van der Waals surface area contributed by atoms with Gasteiger partial charge < -0.3 is 15.8 Å². The highest BCUT2D eigenvalue weighted by atomic mass is 32.1. The Bertz CT molecular complexity index is 607. The number of nitrogens with zero attached hydrogens (tertiary/aromatic N) is 3. The molecule has 6 heteroatoms. The lowest BCUT2D eigenvalue weighted by Crippen LogP contribution is -2.26. The SMILES string of the molecule is NC(=NO)c1ccnc(N(Cc2cccs2)C2CC2)c1. The molecule has 1 aliphatic rings. The molecule has 0 aliphatic heterocycles. The van der Waals surface area contributed by atoms with Crippen LogP contribution in [0, 0.1) is 0 Å². The van der Waals surface area contributed by atoms with Crippen molar-refractivity contribution in [1.82, 2.24) is 4.98 Å². The third-order valence-corrected chi connectivity index (χ3v) is 4.20. The van der Waals surface area contributed by atoms with E-state index in [2.05, 4.69) is 32.6 Å². The number of pyridine rings is 1. The summed E-state index contributed by atoms with van der Waals surface area (Å²) in [6.45, 7) is 0.856. The van der Waals surface area contributed by atoms with Crippen molar-refractivity contribution in [3.8, 4) is 0 Å². The first-order chi connectivity index (χ1) is 9.78. The van der Waals surface area contributed by atoms with Crippen molar-refractivity contribution >= 4 is 23.0 Å². The molecule has 0 saturated heterocycles. The number of hydrogen-bond acceptors (Lipinski definition) is 5. The predicted molar refractivity (Wildman–Crippen MR) is 80.3 cm³/mol. The van der Waals surface area contributed by atoms with E-state index in [9.17, 15) is 0 Å². The van der Waals surface area contributed by atoms with Crippen LogP contribution in [0.3, 0.4) is 0 Å². The molecule has 104 valence electrons. The minimum Gasteiger partial charge on any atom is -0.409 e. The second-order valence-corrected chi connectivity index (χ2v) is 5.86. The van der Waals surface area contributed by atoms with Crippen molar-refractivity contribution in [2.75, 3.05) is 4.90 Å². The van der Waals surface area contributed by atoms with Gasteiger partial charge in [-0.3, -0.25) is 0 Å². The van der Waals surface area contributed by atoms with Gasteiger partial charge in [0.2, 0.25) is 0 Å². The zero-order valence-electron chi connectivity index (χ0n) is 10.9. The van der Waals surface area contributed by atoms with Crippen molar-refractivity contribution in [2.45, 2.75) is 25.4 Å². The fourth-order valence-electron chi connectivity index (χ4n) is 2.15. The molecule has 2 aromatic heterocycles. The second kappa shape index (κ2) is 5.50. The lowest BCUT2D eigenvalue weighted by Gasteiger charge is -2.23. The summed E-state index contributed by atoms with van der Waals surface area (Å²) >= 11 is 1.75. The van der Waals surface area contributed by atoms with Gasteiger partial charge in [-0.25, -0.2) is 4.98 Å². The largest absolute Gasteiger partial charge is 0.409 e. The van der Waals surface area contributed by atoms with E-state index < -0.39 is 0 Å². The Hall–Kier alpha value is -2.08. The van der Waals surface area contributed by atoms with Gasteiger partial charge in [0.25, 0.3) is 0 Å². The number of nitrogens with two attached hydrogens (primary N) is 1. The van der Waals surface area contributed by atoms with Gasteiger partial charge in [0.15, 0.2) is 5.84 Å². The predicted octanol–water partition coefficient (Wildman–Crippen LogP) is 2.41. The summed E-state index contributed by atoms with van der Waals surface area (Å²) in [5, 5.41) is 13.9. The highest BCUT2D eigenvalue weighted by molar-refractivity contribution is 7.09. The van der Waals surface area contributed by atoms with Crippen molar-refractivity contribution < 1.29 is 5.21 Å². The average molecular weight is 288 g/mol. The minimum atomic E-state index is 0.112. The molecule has 3 N–H and O–H groups in total. The molecule has 3 rings (SSSR count). The molecule has 0 unspecified atom stereocenters. The zero-order valence-corrected chi connectivity index (χ0v) is 11.8. The summed E-state index contributed by atoms with van der Waals surface area (Å²) < 4.78 is 0. The third-order valence-electron chi connectivity index (χ3n) is 3.34. The van der Waals surface area contributed by atoms with Crippen LogP contribution in [0.5, 0.6) is 0 Å². The van der Waals surface area contributed by atoms with Gasteiger partial charge in [-0.1, -0.05) is 11.2 Å². The number of rotatable bonds is 5. The van der Waals surface area contributed by atoms with Crippen LogP contribution in [0.1, 0.15) is 23.3 Å². The van der Waals surface area contributed by atoms with Crippen LogP contribution >= 0.6 is 11.3 Å². The standard InChI is InChI=1S/C14H16N4OS/c15-14(17-19)10-5-6-16-13(8-10)18(11-3-4-11)9-12-2-1-7-20-12/h1-2,5-8,11,19H,3-4,9H2,(H2,15,17). The molecular weight excluding hydrogens is 272 g/mol. The van der Waals surface area contributed by atoms with E-state index in [0.29, 0.717) is 11.6 Å². The zero-order chi connectivity index (χ0) is 13.9. The number of hydrogen-bond donors (Lipinski definition) is 2. The fraction of sp³-hybridized carbons (Fsp3) is 0.286. The molecule has 0 bridgehead atoms. The molecule has 0 amide bonds. The van der Waals surface area contributed by atoms with Crippen molar-refractivity contribution in [1.29, 1.82) is 0 Å². The normalized spacial score (nSPS) is 15.3. The molecule has 0 spiro atoms. The van der Waals surface area contributed by atoms with E-state index in [-0.39, 0.29) is 5.84 Å². The molecule has 0 atom stereocenters. The number of oxime groups is 1. The van der Waals surface area contributed by atoms with Crippen molar-refractivity contribution in [3.05, 3.63) is 46.3 Å². The molecule has 20 heavy (non-hydrogen) atoms. The summed E-state index contributed by atoms with van der Waals surface area (Å²) in [4.78, 5) is 8.04. The van der Waals surface area contributed by atoms with Crippen LogP contribution in [0.4, 0.5) is 5.82 Å². The summed E-state index contributed by atoms with van der Waals surface area (Å²) in [7, 11) is 0. The number of anilines is 1. The van der Waals surface area contributed by atoms with Gasteiger partial charge in [0, 0.05) is 22.7 Å². The Morgan fingerprint density at radius 2 is 2.35 bits per heavy atom. The lowest BCUT2D eigenvalue weighted by atomic mass is 10.2. The van der Waals surface area contributed by atoms with Gasteiger partial charge in [-0.2, -0.15) is 0 Å². The van der Waals surface area contributed by atoms with Crippen LogP contribution in [0.15, 0.2) is 41.0 Å².